The third-order valence-corrected chi connectivity index (χ3v) is 7.19. The minimum absolute atomic E-state index is 0.00857. The van der Waals surface area contributed by atoms with Crippen LogP contribution in [0.25, 0.3) is 0 Å². The molecule has 0 bridgehead atoms. The maximum Gasteiger partial charge on any atom is 0.244 e. The number of nitrogens with one attached hydrogen (secondary N) is 1. The molecule has 198 valence electrons. The number of methoxy groups -OCH3 is 1. The van der Waals surface area contributed by atoms with Gasteiger partial charge in [-0.05, 0) is 57.0 Å². The minimum Gasteiger partial charge on any atom is -0.497 e. The molecule has 0 heterocycles. The van der Waals surface area contributed by atoms with Crippen LogP contribution < -0.4 is 14.4 Å². The minimum atomic E-state index is -3.93. The maximum atomic E-state index is 13.7. The number of nitrogens with zero attached hydrogens (tertiary/aromatic N) is 2. The SMILES string of the molecule is CC[C@@H](C(=O)NC(C)(C)C)N(Cc1cccc(OC)c1)C(=O)CN(c1cccc(Cl)c1Cl)S(C)(=O)=O. The van der Waals surface area contributed by atoms with Crippen LogP contribution in [0.3, 0.4) is 0 Å². The quantitative estimate of drug-likeness (QED) is 0.464. The van der Waals surface area contributed by atoms with E-state index in [-0.39, 0.29) is 28.2 Å². The molecule has 8 nitrogen and oxygen atoms in total. The van der Waals surface area contributed by atoms with Gasteiger partial charge in [0.2, 0.25) is 21.8 Å². The molecule has 0 aliphatic rings. The first-order valence-corrected chi connectivity index (χ1v) is 13.9. The van der Waals surface area contributed by atoms with Crippen LogP contribution in [0.4, 0.5) is 5.69 Å². The molecule has 0 aliphatic heterocycles. The standard InChI is InChI=1S/C25H33Cl2N3O5S/c1-7-20(24(32)28-25(2,3)4)29(15-17-10-8-11-18(14-17)35-5)22(31)16-30(36(6,33)34)21-13-9-12-19(26)23(21)27/h8-14,20H,7,15-16H2,1-6H3,(H,28,32)/t20-/m0/s1. The molecule has 0 saturated heterocycles. The second-order valence-corrected chi connectivity index (χ2v) is 12.1. The number of ether oxygens (including phenoxy) is 1. The molecular weight excluding hydrogens is 525 g/mol. The van der Waals surface area contributed by atoms with E-state index in [2.05, 4.69) is 5.32 Å². The van der Waals surface area contributed by atoms with E-state index < -0.39 is 34.1 Å². The number of amides is 2. The summed E-state index contributed by atoms with van der Waals surface area (Å²) in [7, 11) is -2.39. The van der Waals surface area contributed by atoms with Crippen molar-refractivity contribution in [2.75, 3.05) is 24.2 Å². The molecule has 2 aromatic carbocycles. The Morgan fingerprint density at radius 2 is 1.75 bits per heavy atom. The van der Waals surface area contributed by atoms with Gasteiger partial charge < -0.3 is 15.0 Å². The summed E-state index contributed by atoms with van der Waals surface area (Å²) >= 11 is 12.4. The maximum absolute atomic E-state index is 13.7. The molecule has 11 heteroatoms. The van der Waals surface area contributed by atoms with Crippen LogP contribution >= 0.6 is 23.2 Å². The van der Waals surface area contributed by atoms with E-state index >= 15 is 0 Å². The molecule has 0 aliphatic carbocycles. The number of rotatable bonds is 10. The average molecular weight is 559 g/mol. The molecule has 0 saturated carbocycles. The molecule has 0 aromatic heterocycles. The average Bonchev–Trinajstić information content (AvgIpc) is 2.77. The number of carbonyl (C=O) groups excluding carboxylic acids is 2. The van der Waals surface area contributed by atoms with Crippen LogP contribution in [0.5, 0.6) is 5.75 Å². The Morgan fingerprint density at radius 1 is 1.11 bits per heavy atom. The molecule has 0 unspecified atom stereocenters. The van der Waals surface area contributed by atoms with Crippen molar-refractivity contribution >= 4 is 50.7 Å². The highest BCUT2D eigenvalue weighted by Gasteiger charge is 2.33. The van der Waals surface area contributed by atoms with E-state index in [9.17, 15) is 18.0 Å². The summed E-state index contributed by atoms with van der Waals surface area (Å²) in [4.78, 5) is 28.3. The number of halogens is 2. The number of carbonyl (C=O) groups is 2. The van der Waals surface area contributed by atoms with Crippen molar-refractivity contribution in [2.45, 2.75) is 52.2 Å². The molecule has 36 heavy (non-hydrogen) atoms. The van der Waals surface area contributed by atoms with Crippen molar-refractivity contribution in [3.05, 3.63) is 58.1 Å². The van der Waals surface area contributed by atoms with Crippen LogP contribution in [0.2, 0.25) is 10.0 Å². The molecule has 2 rings (SSSR count). The lowest BCUT2D eigenvalue weighted by Crippen LogP contribution is -2.55. The third-order valence-electron chi connectivity index (χ3n) is 5.25. The van der Waals surface area contributed by atoms with Crippen molar-refractivity contribution < 1.29 is 22.7 Å². The number of sulfonamides is 1. The lowest BCUT2D eigenvalue weighted by Gasteiger charge is -2.34. The molecule has 0 radical (unpaired) electrons. The lowest BCUT2D eigenvalue weighted by molar-refractivity contribution is -0.141. The Hall–Kier alpha value is -2.49. The Bertz CT molecular complexity index is 1200. The van der Waals surface area contributed by atoms with E-state index in [1.54, 1.807) is 37.3 Å². The van der Waals surface area contributed by atoms with Gasteiger partial charge in [0.15, 0.2) is 0 Å². The van der Waals surface area contributed by atoms with Crippen molar-refractivity contribution in [1.29, 1.82) is 0 Å². The van der Waals surface area contributed by atoms with Gasteiger partial charge in [-0.3, -0.25) is 13.9 Å². The largest absolute Gasteiger partial charge is 0.497 e. The van der Waals surface area contributed by atoms with E-state index in [0.29, 0.717) is 12.2 Å². The number of hydrogen-bond acceptors (Lipinski definition) is 5. The number of hydrogen-bond donors (Lipinski definition) is 1. The van der Waals surface area contributed by atoms with Crippen LogP contribution in [0, 0.1) is 0 Å². The van der Waals surface area contributed by atoms with Gasteiger partial charge in [0, 0.05) is 12.1 Å². The Labute approximate surface area is 223 Å². The summed E-state index contributed by atoms with van der Waals surface area (Å²) in [5.74, 6) is -0.321. The van der Waals surface area contributed by atoms with Crippen molar-refractivity contribution in [3.63, 3.8) is 0 Å². The van der Waals surface area contributed by atoms with E-state index in [1.165, 1.54) is 24.1 Å². The van der Waals surface area contributed by atoms with E-state index in [1.807, 2.05) is 20.8 Å². The first-order chi connectivity index (χ1) is 16.7. The van der Waals surface area contributed by atoms with Gasteiger partial charge in [-0.15, -0.1) is 0 Å². The van der Waals surface area contributed by atoms with Crippen molar-refractivity contribution in [2.24, 2.45) is 0 Å². The third kappa shape index (κ3) is 8.01. The zero-order chi connectivity index (χ0) is 27.3. The zero-order valence-electron chi connectivity index (χ0n) is 21.3. The molecule has 1 atom stereocenters. The zero-order valence-corrected chi connectivity index (χ0v) is 23.7. The van der Waals surface area contributed by atoms with Gasteiger partial charge >= 0.3 is 0 Å². The fourth-order valence-corrected chi connectivity index (χ4v) is 4.92. The highest BCUT2D eigenvalue weighted by atomic mass is 35.5. The molecule has 0 fully saturated rings. The molecular formula is C25H33Cl2N3O5S. The van der Waals surface area contributed by atoms with Crippen molar-refractivity contribution in [3.8, 4) is 5.75 Å². The second kappa shape index (κ2) is 12.2. The first-order valence-electron chi connectivity index (χ1n) is 11.3. The number of anilines is 1. The summed E-state index contributed by atoms with van der Waals surface area (Å²) in [6, 6.07) is 10.8. The Kier molecular flexibility index (Phi) is 10.0. The molecule has 2 aromatic rings. The molecule has 2 amide bonds. The van der Waals surface area contributed by atoms with Gasteiger partial charge in [-0.2, -0.15) is 0 Å². The fourth-order valence-electron chi connectivity index (χ4n) is 3.62. The van der Waals surface area contributed by atoms with Gasteiger partial charge in [0.25, 0.3) is 0 Å². The van der Waals surface area contributed by atoms with Crippen LogP contribution in [0.15, 0.2) is 42.5 Å². The highest BCUT2D eigenvalue weighted by Crippen LogP contribution is 2.34. The summed E-state index contributed by atoms with van der Waals surface area (Å²) in [5, 5.41) is 3.08. The predicted octanol–water partition coefficient (Wildman–Crippen LogP) is 4.49. The predicted molar refractivity (Wildman–Crippen MR) is 144 cm³/mol. The van der Waals surface area contributed by atoms with Crippen LogP contribution in [-0.2, 0) is 26.2 Å². The van der Waals surface area contributed by atoms with Crippen LogP contribution in [-0.4, -0.2) is 56.6 Å². The van der Waals surface area contributed by atoms with Gasteiger partial charge in [0.1, 0.15) is 18.3 Å². The summed E-state index contributed by atoms with van der Waals surface area (Å²) in [6.07, 6.45) is 1.29. The fraction of sp³-hybridized carbons (Fsp3) is 0.440. The highest BCUT2D eigenvalue weighted by molar-refractivity contribution is 7.92. The lowest BCUT2D eigenvalue weighted by atomic mass is 10.1. The van der Waals surface area contributed by atoms with Gasteiger partial charge in [0.05, 0.1) is 29.1 Å². The van der Waals surface area contributed by atoms with Crippen molar-refractivity contribution in [1.82, 2.24) is 10.2 Å². The monoisotopic (exact) mass is 557 g/mol. The molecule has 0 spiro atoms. The Morgan fingerprint density at radius 3 is 2.31 bits per heavy atom. The second-order valence-electron chi connectivity index (χ2n) is 9.38. The first kappa shape index (κ1) is 29.7. The summed E-state index contributed by atoms with van der Waals surface area (Å²) < 4.78 is 31.6. The topological polar surface area (TPSA) is 96.0 Å². The van der Waals surface area contributed by atoms with E-state index in [0.717, 1.165) is 16.1 Å². The molecule has 1 N–H and O–H groups in total. The summed E-state index contributed by atoms with van der Waals surface area (Å²) in [6.45, 7) is 6.82. The summed E-state index contributed by atoms with van der Waals surface area (Å²) in [5.41, 5.74) is 0.271. The van der Waals surface area contributed by atoms with Gasteiger partial charge in [-0.1, -0.05) is 48.3 Å². The normalized spacial score (nSPS) is 12.6. The van der Waals surface area contributed by atoms with E-state index in [4.69, 9.17) is 27.9 Å². The number of benzene rings is 2. The Balaban J connectivity index is 2.52. The van der Waals surface area contributed by atoms with Gasteiger partial charge in [-0.25, -0.2) is 8.42 Å². The smallest absolute Gasteiger partial charge is 0.244 e. The van der Waals surface area contributed by atoms with Crippen LogP contribution in [0.1, 0.15) is 39.7 Å².